The molecular weight excluding hydrogens is 288 g/mol. The van der Waals surface area contributed by atoms with E-state index in [1.165, 1.54) is 5.56 Å². The molecule has 1 saturated heterocycles. The van der Waals surface area contributed by atoms with Gasteiger partial charge in [0.05, 0.1) is 0 Å². The first kappa shape index (κ1) is 15.9. The Morgan fingerprint density at radius 3 is 2.83 bits per heavy atom. The molecule has 0 spiro atoms. The predicted molar refractivity (Wildman–Crippen MR) is 91.9 cm³/mol. The molecule has 0 unspecified atom stereocenters. The molecule has 0 radical (unpaired) electrons. The number of ether oxygens (including phenoxy) is 1. The monoisotopic (exact) mass is 312 g/mol. The van der Waals surface area contributed by atoms with Crippen molar-refractivity contribution in [2.75, 3.05) is 32.6 Å². The number of nitrogens with zero attached hydrogens (tertiary/aromatic N) is 3. The van der Waals surface area contributed by atoms with E-state index in [1.54, 1.807) is 0 Å². The summed E-state index contributed by atoms with van der Waals surface area (Å²) in [7, 11) is 4.14. The lowest BCUT2D eigenvalue weighted by Crippen LogP contribution is -2.15. The number of hydrogen-bond acceptors (Lipinski definition) is 5. The third-order valence-corrected chi connectivity index (χ3v) is 4.00. The predicted octanol–water partition coefficient (Wildman–Crippen LogP) is 3.18. The van der Waals surface area contributed by atoms with E-state index >= 15 is 0 Å². The highest BCUT2D eigenvalue weighted by Gasteiger charge is 2.17. The van der Waals surface area contributed by atoms with Gasteiger partial charge < -0.3 is 15.0 Å². The summed E-state index contributed by atoms with van der Waals surface area (Å²) < 4.78 is 5.43. The van der Waals surface area contributed by atoms with Crippen molar-refractivity contribution in [2.45, 2.75) is 25.3 Å². The van der Waals surface area contributed by atoms with E-state index in [9.17, 15) is 0 Å². The van der Waals surface area contributed by atoms with Crippen LogP contribution >= 0.6 is 0 Å². The Balaban J connectivity index is 1.72. The lowest BCUT2D eigenvalue weighted by Gasteiger charge is -2.21. The zero-order chi connectivity index (χ0) is 16.1. The molecule has 1 aromatic carbocycles. The van der Waals surface area contributed by atoms with Gasteiger partial charge in [-0.2, -0.15) is 0 Å². The minimum atomic E-state index is 0.479. The van der Waals surface area contributed by atoms with E-state index in [1.807, 2.05) is 18.3 Å². The molecule has 0 bridgehead atoms. The van der Waals surface area contributed by atoms with Gasteiger partial charge >= 0.3 is 0 Å². The normalized spacial score (nSPS) is 15.8. The van der Waals surface area contributed by atoms with Crippen LogP contribution in [0, 0.1) is 0 Å². The van der Waals surface area contributed by atoms with Crippen LogP contribution in [0.5, 0.6) is 0 Å². The summed E-state index contributed by atoms with van der Waals surface area (Å²) in [5.74, 6) is 1.14. The Hall–Kier alpha value is -1.98. The average molecular weight is 312 g/mol. The highest BCUT2D eigenvalue weighted by atomic mass is 16.5. The number of nitrogens with one attached hydrogen (secondary N) is 1. The maximum Gasteiger partial charge on any atom is 0.227 e. The van der Waals surface area contributed by atoms with Crippen molar-refractivity contribution in [1.82, 2.24) is 14.9 Å². The molecule has 23 heavy (non-hydrogen) atoms. The Morgan fingerprint density at radius 1 is 1.22 bits per heavy atom. The maximum atomic E-state index is 5.43. The summed E-state index contributed by atoms with van der Waals surface area (Å²) in [6.07, 6.45) is 3.91. The van der Waals surface area contributed by atoms with E-state index < -0.39 is 0 Å². The van der Waals surface area contributed by atoms with Crippen LogP contribution in [0.1, 0.15) is 30.0 Å². The van der Waals surface area contributed by atoms with Crippen LogP contribution in [-0.2, 0) is 11.3 Å². The van der Waals surface area contributed by atoms with Crippen molar-refractivity contribution in [1.29, 1.82) is 0 Å². The van der Waals surface area contributed by atoms with E-state index in [-0.39, 0.29) is 0 Å². The van der Waals surface area contributed by atoms with Crippen LogP contribution in [0.3, 0.4) is 0 Å². The fraction of sp³-hybridized carbons (Fsp3) is 0.444. The van der Waals surface area contributed by atoms with E-state index in [2.05, 4.69) is 47.5 Å². The fourth-order valence-corrected chi connectivity index (χ4v) is 2.90. The number of rotatable bonds is 5. The third kappa shape index (κ3) is 4.50. The topological polar surface area (TPSA) is 50.3 Å². The standard InChI is InChI=1S/C18H24N4O/c1-22(2)13-14-4-3-5-16(12-14)20-18-19-9-6-17(21-18)15-7-10-23-11-8-15/h3-6,9,12,15H,7-8,10-11,13H2,1-2H3,(H,19,20,21). The number of aromatic nitrogens is 2. The van der Waals surface area contributed by atoms with Crippen molar-refractivity contribution in [3.8, 4) is 0 Å². The molecule has 5 nitrogen and oxygen atoms in total. The molecule has 3 rings (SSSR count). The second kappa shape index (κ2) is 7.53. The van der Waals surface area contributed by atoms with Crippen LogP contribution in [0.25, 0.3) is 0 Å². The summed E-state index contributed by atoms with van der Waals surface area (Å²) in [5.41, 5.74) is 3.39. The Bertz CT molecular complexity index is 638. The summed E-state index contributed by atoms with van der Waals surface area (Å²) in [6.45, 7) is 2.56. The van der Waals surface area contributed by atoms with Crippen molar-refractivity contribution >= 4 is 11.6 Å². The lowest BCUT2D eigenvalue weighted by atomic mass is 9.96. The largest absolute Gasteiger partial charge is 0.381 e. The van der Waals surface area contributed by atoms with Gasteiger partial charge in [0, 0.05) is 43.3 Å². The molecule has 122 valence electrons. The Labute approximate surface area is 137 Å². The molecule has 1 aromatic heterocycles. The van der Waals surface area contributed by atoms with E-state index in [0.717, 1.165) is 44.0 Å². The molecule has 0 saturated carbocycles. The lowest BCUT2D eigenvalue weighted by molar-refractivity contribution is 0.0845. The van der Waals surface area contributed by atoms with Gasteiger partial charge in [-0.3, -0.25) is 0 Å². The maximum absolute atomic E-state index is 5.43. The number of hydrogen-bond donors (Lipinski definition) is 1. The molecular formula is C18H24N4O. The zero-order valence-electron chi connectivity index (χ0n) is 13.8. The molecule has 2 heterocycles. The highest BCUT2D eigenvalue weighted by molar-refractivity contribution is 5.54. The van der Waals surface area contributed by atoms with Crippen LogP contribution in [0.2, 0.25) is 0 Å². The molecule has 0 aliphatic carbocycles. The first-order valence-corrected chi connectivity index (χ1v) is 8.12. The molecule has 0 atom stereocenters. The van der Waals surface area contributed by atoms with Crippen molar-refractivity contribution in [2.24, 2.45) is 0 Å². The fourth-order valence-electron chi connectivity index (χ4n) is 2.90. The van der Waals surface area contributed by atoms with Crippen molar-refractivity contribution < 1.29 is 4.74 Å². The highest BCUT2D eigenvalue weighted by Crippen LogP contribution is 2.26. The summed E-state index contributed by atoms with van der Waals surface area (Å²) in [6, 6.07) is 10.4. The average Bonchev–Trinajstić information content (AvgIpc) is 2.56. The number of benzene rings is 1. The first-order valence-electron chi connectivity index (χ1n) is 8.12. The van der Waals surface area contributed by atoms with Gasteiger partial charge in [0.1, 0.15) is 0 Å². The third-order valence-electron chi connectivity index (χ3n) is 4.00. The SMILES string of the molecule is CN(C)Cc1cccc(Nc2nccc(C3CCOCC3)n2)c1. The minimum Gasteiger partial charge on any atom is -0.381 e. The van der Waals surface area contributed by atoms with Gasteiger partial charge in [-0.05, 0) is 50.7 Å². The number of anilines is 2. The Kier molecular flexibility index (Phi) is 5.20. The van der Waals surface area contributed by atoms with E-state index in [4.69, 9.17) is 9.72 Å². The zero-order valence-corrected chi connectivity index (χ0v) is 13.8. The summed E-state index contributed by atoms with van der Waals surface area (Å²) >= 11 is 0. The second-order valence-corrected chi connectivity index (χ2v) is 6.25. The Morgan fingerprint density at radius 2 is 2.04 bits per heavy atom. The molecule has 2 aromatic rings. The van der Waals surface area contributed by atoms with Crippen molar-refractivity contribution in [3.63, 3.8) is 0 Å². The van der Waals surface area contributed by atoms with Crippen LogP contribution in [0.15, 0.2) is 36.5 Å². The molecule has 5 heteroatoms. The first-order chi connectivity index (χ1) is 11.2. The van der Waals surface area contributed by atoms with Gasteiger partial charge in [-0.1, -0.05) is 12.1 Å². The van der Waals surface area contributed by atoms with Gasteiger partial charge in [-0.15, -0.1) is 0 Å². The molecule has 0 amide bonds. The smallest absolute Gasteiger partial charge is 0.227 e. The quantitative estimate of drug-likeness (QED) is 0.919. The summed E-state index contributed by atoms with van der Waals surface area (Å²) in [5, 5.41) is 3.33. The van der Waals surface area contributed by atoms with Crippen LogP contribution in [-0.4, -0.2) is 42.2 Å². The summed E-state index contributed by atoms with van der Waals surface area (Å²) in [4.78, 5) is 11.2. The van der Waals surface area contributed by atoms with Gasteiger partial charge in [-0.25, -0.2) is 9.97 Å². The molecule has 1 N–H and O–H groups in total. The van der Waals surface area contributed by atoms with Crippen LogP contribution in [0.4, 0.5) is 11.6 Å². The molecule has 1 aliphatic rings. The van der Waals surface area contributed by atoms with Gasteiger partial charge in [0.25, 0.3) is 0 Å². The molecule has 1 fully saturated rings. The van der Waals surface area contributed by atoms with Gasteiger partial charge in [0.2, 0.25) is 5.95 Å². The van der Waals surface area contributed by atoms with Crippen molar-refractivity contribution in [3.05, 3.63) is 47.8 Å². The van der Waals surface area contributed by atoms with Crippen LogP contribution < -0.4 is 5.32 Å². The minimum absolute atomic E-state index is 0.479. The second-order valence-electron chi connectivity index (χ2n) is 6.25. The van der Waals surface area contributed by atoms with E-state index in [0.29, 0.717) is 11.9 Å². The van der Waals surface area contributed by atoms with Gasteiger partial charge in [0.15, 0.2) is 0 Å². The molecule has 1 aliphatic heterocycles.